The van der Waals surface area contributed by atoms with E-state index in [0.717, 1.165) is 18.5 Å². The van der Waals surface area contributed by atoms with Crippen molar-refractivity contribution in [2.45, 2.75) is 202 Å². The molecule has 0 aliphatic rings. The molecule has 1 amide bonds. The Morgan fingerprint density at radius 3 is 0.889 bits per heavy atom. The lowest BCUT2D eigenvalue weighted by Gasteiger charge is -2.45. The van der Waals surface area contributed by atoms with Crippen LogP contribution in [0.15, 0.2) is 4.99 Å². The van der Waals surface area contributed by atoms with Crippen molar-refractivity contribution in [3.63, 3.8) is 0 Å². The summed E-state index contributed by atoms with van der Waals surface area (Å²) < 4.78 is 85.7. The fourth-order valence-electron chi connectivity index (χ4n) is 8.60. The van der Waals surface area contributed by atoms with E-state index in [2.05, 4.69) is 169 Å². The summed E-state index contributed by atoms with van der Waals surface area (Å²) in [4.78, 5) is 14.9. The van der Waals surface area contributed by atoms with Gasteiger partial charge in [0.2, 0.25) is 0 Å². The highest BCUT2D eigenvalue weighted by molar-refractivity contribution is 6.94. The van der Waals surface area contributed by atoms with Crippen LogP contribution < -0.4 is 0 Å². The van der Waals surface area contributed by atoms with Gasteiger partial charge in [-0.2, -0.15) is 4.99 Å². The number of carbonyl (C=O) groups excluding carboxylic acids is 1. The molecule has 0 bridgehead atoms. The van der Waals surface area contributed by atoms with Gasteiger partial charge in [0.1, 0.15) is 6.61 Å². The molecule has 0 aromatic carbocycles. The molecule has 0 saturated carbocycles. The summed E-state index contributed by atoms with van der Waals surface area (Å²) >= 11 is 0. The lowest BCUT2D eigenvalue weighted by molar-refractivity contribution is 0.0768. The first-order chi connectivity index (χ1) is 27.8. The molecule has 0 radical (unpaired) electrons. The topological polar surface area (TPSA) is 149 Å². The van der Waals surface area contributed by atoms with Crippen LogP contribution in [0.3, 0.4) is 0 Å². The average Bonchev–Trinajstić information content (AvgIpc) is 2.92. The number of unbranched alkanes of at least 4 members (excludes halogenated alkanes) is 1. The van der Waals surface area contributed by atoms with Crippen molar-refractivity contribution in [1.82, 2.24) is 0 Å². The molecular formula is C36H95NO14Si12. The minimum atomic E-state index is -2.77. The third-order valence-electron chi connectivity index (χ3n) is 8.36. The molecule has 0 atom stereocenters. The van der Waals surface area contributed by atoms with Crippen LogP contribution in [0.25, 0.3) is 0 Å². The molecule has 0 aromatic heterocycles. The molecule has 0 spiro atoms. The van der Waals surface area contributed by atoms with Gasteiger partial charge in [-0.3, -0.25) is 0 Å². The zero-order valence-electron chi connectivity index (χ0n) is 44.9. The Morgan fingerprint density at radius 2 is 0.635 bits per heavy atom. The number of carbonyl (C=O) groups is 1. The second kappa shape index (κ2) is 24.9. The molecule has 0 heterocycles. The molecule has 63 heavy (non-hydrogen) atoms. The van der Waals surface area contributed by atoms with E-state index in [-0.39, 0.29) is 6.61 Å². The Kier molecular flexibility index (Phi) is 25.4. The van der Waals surface area contributed by atoms with Crippen molar-refractivity contribution in [2.75, 3.05) is 19.8 Å². The Labute approximate surface area is 398 Å². The minimum Gasteiger partial charge on any atom is -0.445 e. The highest BCUT2D eigenvalue weighted by Gasteiger charge is 2.51. The van der Waals surface area contributed by atoms with Crippen LogP contribution in [0.4, 0.5) is 4.79 Å². The summed E-state index contributed by atoms with van der Waals surface area (Å²) in [6, 6.07) is 2.04. The number of rotatable bonds is 32. The number of hydrogen-bond donors (Lipinski definition) is 0. The predicted molar refractivity (Wildman–Crippen MR) is 287 cm³/mol. The molecule has 0 aliphatic heterocycles. The zero-order valence-corrected chi connectivity index (χ0v) is 56.9. The molecule has 0 saturated heterocycles. The predicted octanol–water partition coefficient (Wildman–Crippen LogP) is 12.0. The standard InChI is InChI=1S/C36H95NO14Si12/c1-27-29-34-52(3,4)41-54(7,8)43-56(11,12)45-58(15,16)47-60(19,20)49-62(23,24)51-63(25,26)50-61(21,22)48-59(17,18)46-57(13,14)44-55(9,10)42-53(5,6)35-30-31-39-32-33-40-36(38)37-28-2/h28H,27,29-35H2,1-26H3. The maximum absolute atomic E-state index is 11.3. The van der Waals surface area contributed by atoms with Crippen LogP contribution in [-0.2, 0) is 54.7 Å². The minimum absolute atomic E-state index is 0.178. The summed E-state index contributed by atoms with van der Waals surface area (Å²) in [5, 5.41) is 0. The number of aliphatic imine (C=N–C) groups is 1. The van der Waals surface area contributed by atoms with Gasteiger partial charge in [0.15, 0.2) is 16.6 Å². The zero-order chi connectivity index (χ0) is 49.8. The van der Waals surface area contributed by atoms with Crippen LogP contribution in [0, 0.1) is 0 Å². The fourth-order valence-corrected chi connectivity index (χ4v) is 70.3. The van der Waals surface area contributed by atoms with E-state index in [1.54, 1.807) is 6.92 Å². The summed E-state index contributed by atoms with van der Waals surface area (Å²) in [6.45, 7) is 55.6. The van der Waals surface area contributed by atoms with E-state index in [1.165, 1.54) is 19.1 Å². The molecule has 15 nitrogen and oxygen atoms in total. The largest absolute Gasteiger partial charge is 0.445 e. The van der Waals surface area contributed by atoms with E-state index in [4.69, 9.17) is 54.7 Å². The molecule has 27 heteroatoms. The maximum atomic E-state index is 11.3. The summed E-state index contributed by atoms with van der Waals surface area (Å²) in [6.07, 6.45) is 4.00. The van der Waals surface area contributed by atoms with Crippen LogP contribution in [0.2, 0.25) is 169 Å². The molecule has 0 N–H and O–H groups in total. The van der Waals surface area contributed by atoms with Gasteiger partial charge in [0.05, 0.1) is 6.61 Å². The first kappa shape index (κ1) is 64.3. The second-order valence-electron chi connectivity index (χ2n) is 22.0. The quantitative estimate of drug-likeness (QED) is 0.0357. The van der Waals surface area contributed by atoms with Gasteiger partial charge in [-0.1, -0.05) is 19.8 Å². The number of amides is 1. The summed E-state index contributed by atoms with van der Waals surface area (Å²) in [5.74, 6) is 0. The third-order valence-corrected chi connectivity index (χ3v) is 55.2. The van der Waals surface area contributed by atoms with Gasteiger partial charge in [0.25, 0.3) is 0 Å². The summed E-state index contributed by atoms with van der Waals surface area (Å²) in [7, 11) is -30.7. The van der Waals surface area contributed by atoms with E-state index in [9.17, 15) is 4.79 Å². The van der Waals surface area contributed by atoms with Crippen LogP contribution >= 0.6 is 0 Å². The first-order valence-corrected chi connectivity index (χ1v) is 57.1. The Hall–Kier alpha value is 1.26. The lowest BCUT2D eigenvalue weighted by atomic mass is 10.4. The van der Waals surface area contributed by atoms with Crippen molar-refractivity contribution in [2.24, 2.45) is 4.99 Å². The first-order valence-electron chi connectivity index (χ1n) is 22.7. The van der Waals surface area contributed by atoms with Crippen molar-refractivity contribution in [1.29, 1.82) is 0 Å². The smallest absolute Gasteiger partial charge is 0.433 e. The van der Waals surface area contributed by atoms with E-state index >= 15 is 0 Å². The normalized spacial score (nSPS) is 15.1. The van der Waals surface area contributed by atoms with Crippen molar-refractivity contribution in [3.05, 3.63) is 0 Å². The Morgan fingerprint density at radius 1 is 0.381 bits per heavy atom. The van der Waals surface area contributed by atoms with E-state index < -0.39 is 108 Å². The Balaban J connectivity index is 5.42. The highest BCUT2D eigenvalue weighted by Crippen LogP contribution is 2.32. The molecule has 0 aromatic rings. The summed E-state index contributed by atoms with van der Waals surface area (Å²) in [5.41, 5.74) is 0. The van der Waals surface area contributed by atoms with E-state index in [0.29, 0.717) is 13.2 Å². The Bertz CT molecular complexity index is 1430. The second-order valence-corrected chi connectivity index (χ2v) is 67.0. The number of nitrogens with zero attached hydrogens (tertiary/aromatic N) is 1. The van der Waals surface area contributed by atoms with Gasteiger partial charge in [-0.05, 0) is 183 Å². The van der Waals surface area contributed by atoms with Crippen molar-refractivity contribution < 1.29 is 59.5 Å². The van der Waals surface area contributed by atoms with Gasteiger partial charge in [-0.15, -0.1) is 0 Å². The van der Waals surface area contributed by atoms with Gasteiger partial charge < -0.3 is 54.7 Å². The van der Waals surface area contributed by atoms with Crippen LogP contribution in [-0.4, -0.2) is 134 Å². The van der Waals surface area contributed by atoms with Crippen molar-refractivity contribution in [3.8, 4) is 0 Å². The average molecular weight is 1100 g/mol. The third kappa shape index (κ3) is 31.9. The van der Waals surface area contributed by atoms with Crippen LogP contribution in [0.5, 0.6) is 0 Å². The number of ether oxygens (including phenoxy) is 2. The maximum Gasteiger partial charge on any atom is 0.433 e. The van der Waals surface area contributed by atoms with Crippen molar-refractivity contribution >= 4 is 115 Å². The monoisotopic (exact) mass is 1100 g/mol. The van der Waals surface area contributed by atoms with Crippen LogP contribution in [0.1, 0.15) is 33.1 Å². The highest BCUT2D eigenvalue weighted by atomic mass is 28.5. The SMILES string of the molecule is CC=NC(=O)OCCOCCC[Si](C)(C)O[Si](C)(C)O[Si](C)(C)O[Si](C)(C)O[Si](C)(C)O[Si](C)(C)O[Si](C)(C)O[Si](C)(C)O[Si](C)(C)O[Si](C)(C)O[Si](C)(C)O[Si](C)(C)CCCC. The molecule has 0 fully saturated rings. The van der Waals surface area contributed by atoms with Gasteiger partial charge in [0, 0.05) is 12.8 Å². The molecule has 0 rings (SSSR count). The molecular weight excluding hydrogens is 1010 g/mol. The molecule has 0 aliphatic carbocycles. The van der Waals surface area contributed by atoms with E-state index in [1.807, 2.05) is 0 Å². The van der Waals surface area contributed by atoms with Gasteiger partial charge >= 0.3 is 91.7 Å². The fraction of sp³-hybridized carbons (Fsp3) is 0.944. The number of hydrogen-bond acceptors (Lipinski definition) is 14. The lowest BCUT2D eigenvalue weighted by Crippen LogP contribution is -2.62. The molecule has 376 valence electrons. The van der Waals surface area contributed by atoms with Gasteiger partial charge in [-0.25, -0.2) is 4.79 Å². The molecule has 0 unspecified atom stereocenters.